The number of alkyl halides is 2. The molecule has 0 saturated carbocycles. The predicted octanol–water partition coefficient (Wildman–Crippen LogP) is 3.83. The number of anilines is 2. The summed E-state index contributed by atoms with van der Waals surface area (Å²) in [5.41, 5.74) is 9.35. The Hall–Kier alpha value is -3.03. The Bertz CT molecular complexity index is 1070. The standard InChI is InChI=1S/C20H21F2N5O/c1-11-4-5-14(28)12(2)16(11)18-17-13(19(23)25-10-24-17)8-15(26-18)27-7-3-6-20(21,22)9-27/h4-5,8,10,28H,3,6-7,9H2,1-2H3,(H2,23,24,25). The summed E-state index contributed by atoms with van der Waals surface area (Å²) in [4.78, 5) is 14.7. The molecule has 3 heterocycles. The number of benzene rings is 1. The number of halogens is 2. The smallest absolute Gasteiger partial charge is 0.265 e. The lowest BCUT2D eigenvalue weighted by atomic mass is 9.97. The summed E-state index contributed by atoms with van der Waals surface area (Å²) in [6.45, 7) is 3.79. The molecule has 2 aromatic heterocycles. The van der Waals surface area contributed by atoms with Gasteiger partial charge in [-0.2, -0.15) is 0 Å². The first-order chi connectivity index (χ1) is 13.3. The number of phenolic OH excluding ortho intramolecular Hbond substituents is 1. The second kappa shape index (κ2) is 6.54. The quantitative estimate of drug-likeness (QED) is 0.697. The third-order valence-corrected chi connectivity index (χ3v) is 5.24. The van der Waals surface area contributed by atoms with Crippen molar-refractivity contribution in [1.82, 2.24) is 15.0 Å². The van der Waals surface area contributed by atoms with E-state index in [0.717, 1.165) is 5.56 Å². The highest BCUT2D eigenvalue weighted by molar-refractivity contribution is 5.99. The number of nitrogens with two attached hydrogens (primary N) is 1. The first-order valence-corrected chi connectivity index (χ1v) is 9.10. The molecule has 1 aliphatic heterocycles. The van der Waals surface area contributed by atoms with Crippen molar-refractivity contribution in [2.75, 3.05) is 23.7 Å². The second-order valence-electron chi connectivity index (χ2n) is 7.27. The zero-order valence-electron chi connectivity index (χ0n) is 15.7. The Kier molecular flexibility index (Phi) is 4.28. The van der Waals surface area contributed by atoms with Gasteiger partial charge in [0.2, 0.25) is 0 Å². The zero-order chi connectivity index (χ0) is 20.1. The summed E-state index contributed by atoms with van der Waals surface area (Å²) in [6, 6.07) is 5.08. The molecule has 0 aliphatic carbocycles. The van der Waals surface area contributed by atoms with E-state index in [4.69, 9.17) is 10.7 Å². The molecule has 1 saturated heterocycles. The van der Waals surface area contributed by atoms with E-state index in [1.54, 1.807) is 30.0 Å². The molecule has 0 amide bonds. The van der Waals surface area contributed by atoms with Crippen molar-refractivity contribution in [1.29, 1.82) is 0 Å². The minimum absolute atomic E-state index is 0.125. The normalized spacial score (nSPS) is 16.5. The summed E-state index contributed by atoms with van der Waals surface area (Å²) >= 11 is 0. The molecule has 6 nitrogen and oxygen atoms in total. The number of pyridine rings is 1. The molecular formula is C20H21F2N5O. The van der Waals surface area contributed by atoms with Crippen LogP contribution in [0.2, 0.25) is 0 Å². The van der Waals surface area contributed by atoms with Crippen molar-refractivity contribution in [3.63, 3.8) is 0 Å². The fourth-order valence-electron chi connectivity index (χ4n) is 3.77. The van der Waals surface area contributed by atoms with Crippen LogP contribution in [0.1, 0.15) is 24.0 Å². The number of aryl methyl sites for hydroxylation is 1. The fraction of sp³-hybridized carbons (Fsp3) is 0.350. The monoisotopic (exact) mass is 385 g/mol. The summed E-state index contributed by atoms with van der Waals surface area (Å²) in [5, 5.41) is 10.8. The molecule has 28 heavy (non-hydrogen) atoms. The van der Waals surface area contributed by atoms with Crippen LogP contribution in [-0.2, 0) is 0 Å². The fourth-order valence-corrected chi connectivity index (χ4v) is 3.77. The van der Waals surface area contributed by atoms with Gasteiger partial charge in [0.15, 0.2) is 0 Å². The highest BCUT2D eigenvalue weighted by Crippen LogP contribution is 2.38. The maximum atomic E-state index is 14.0. The number of hydrogen-bond acceptors (Lipinski definition) is 6. The predicted molar refractivity (Wildman–Crippen MR) is 105 cm³/mol. The number of hydrogen-bond donors (Lipinski definition) is 2. The van der Waals surface area contributed by atoms with Crippen LogP contribution >= 0.6 is 0 Å². The third kappa shape index (κ3) is 3.08. The summed E-state index contributed by atoms with van der Waals surface area (Å²) in [5.74, 6) is -1.96. The number of rotatable bonds is 2. The number of fused-ring (bicyclic) bond motifs is 1. The van der Waals surface area contributed by atoms with Gasteiger partial charge >= 0.3 is 0 Å². The molecule has 1 aliphatic rings. The van der Waals surface area contributed by atoms with E-state index in [-0.39, 0.29) is 18.0 Å². The Labute approximate surface area is 161 Å². The first kappa shape index (κ1) is 18.3. The average molecular weight is 385 g/mol. The SMILES string of the molecule is Cc1ccc(O)c(C)c1-c1nc(N2CCCC(F)(F)C2)cc2c(N)ncnc12. The molecule has 8 heteroatoms. The number of phenols is 1. The Morgan fingerprint density at radius 2 is 2.00 bits per heavy atom. The van der Waals surface area contributed by atoms with E-state index in [1.807, 2.05) is 6.92 Å². The topological polar surface area (TPSA) is 88.2 Å². The number of piperidine rings is 1. The Morgan fingerprint density at radius 1 is 1.21 bits per heavy atom. The van der Waals surface area contributed by atoms with Crippen LogP contribution in [0.15, 0.2) is 24.5 Å². The van der Waals surface area contributed by atoms with E-state index < -0.39 is 12.5 Å². The molecule has 0 atom stereocenters. The van der Waals surface area contributed by atoms with E-state index >= 15 is 0 Å². The molecular weight excluding hydrogens is 364 g/mol. The van der Waals surface area contributed by atoms with Crippen molar-refractivity contribution < 1.29 is 13.9 Å². The highest BCUT2D eigenvalue weighted by atomic mass is 19.3. The van der Waals surface area contributed by atoms with E-state index in [1.165, 1.54) is 6.33 Å². The number of nitrogens with zero attached hydrogens (tertiary/aromatic N) is 4. The van der Waals surface area contributed by atoms with Gasteiger partial charge in [-0.05, 0) is 38.0 Å². The second-order valence-corrected chi connectivity index (χ2v) is 7.27. The lowest BCUT2D eigenvalue weighted by molar-refractivity contribution is -0.0118. The summed E-state index contributed by atoms with van der Waals surface area (Å²) < 4.78 is 28.0. The molecule has 3 N–H and O–H groups in total. The first-order valence-electron chi connectivity index (χ1n) is 9.10. The molecule has 0 spiro atoms. The van der Waals surface area contributed by atoms with Gasteiger partial charge in [0.05, 0.1) is 12.2 Å². The molecule has 1 aromatic carbocycles. The molecule has 0 bridgehead atoms. The summed E-state index contributed by atoms with van der Waals surface area (Å²) in [6.07, 6.45) is 1.61. The maximum Gasteiger partial charge on any atom is 0.265 e. The maximum absolute atomic E-state index is 14.0. The molecule has 1 fully saturated rings. The summed E-state index contributed by atoms with van der Waals surface area (Å²) in [7, 11) is 0. The van der Waals surface area contributed by atoms with Crippen molar-refractivity contribution in [3.05, 3.63) is 35.7 Å². The van der Waals surface area contributed by atoms with Crippen LogP contribution < -0.4 is 10.6 Å². The largest absolute Gasteiger partial charge is 0.508 e. The van der Waals surface area contributed by atoms with Gasteiger partial charge < -0.3 is 15.7 Å². The third-order valence-electron chi connectivity index (χ3n) is 5.24. The van der Waals surface area contributed by atoms with Gasteiger partial charge in [0.25, 0.3) is 5.92 Å². The van der Waals surface area contributed by atoms with Gasteiger partial charge in [0, 0.05) is 29.5 Å². The lowest BCUT2D eigenvalue weighted by Crippen LogP contribution is -2.43. The molecule has 0 radical (unpaired) electrons. The van der Waals surface area contributed by atoms with Crippen molar-refractivity contribution in [2.24, 2.45) is 0 Å². The van der Waals surface area contributed by atoms with Crippen LogP contribution in [0.4, 0.5) is 20.4 Å². The molecule has 146 valence electrons. The molecule has 3 aromatic rings. The average Bonchev–Trinajstić information content (AvgIpc) is 2.65. The van der Waals surface area contributed by atoms with Crippen molar-refractivity contribution in [2.45, 2.75) is 32.6 Å². The molecule has 0 unspecified atom stereocenters. The van der Waals surface area contributed by atoms with Gasteiger partial charge in [0.1, 0.15) is 29.2 Å². The van der Waals surface area contributed by atoms with Crippen LogP contribution in [0, 0.1) is 13.8 Å². The van der Waals surface area contributed by atoms with E-state index in [9.17, 15) is 13.9 Å². The zero-order valence-corrected chi connectivity index (χ0v) is 15.7. The van der Waals surface area contributed by atoms with Crippen LogP contribution in [0.5, 0.6) is 5.75 Å². The number of nitrogen functional groups attached to an aromatic ring is 1. The van der Waals surface area contributed by atoms with Crippen LogP contribution in [0.3, 0.4) is 0 Å². The van der Waals surface area contributed by atoms with Gasteiger partial charge in [-0.25, -0.2) is 23.7 Å². The Balaban J connectivity index is 1.99. The van der Waals surface area contributed by atoms with Crippen molar-refractivity contribution in [3.8, 4) is 17.0 Å². The van der Waals surface area contributed by atoms with Crippen molar-refractivity contribution >= 4 is 22.5 Å². The number of aromatic nitrogens is 3. The Morgan fingerprint density at radius 3 is 2.75 bits per heavy atom. The van der Waals surface area contributed by atoms with Crippen LogP contribution in [-0.4, -0.2) is 39.1 Å². The van der Waals surface area contributed by atoms with E-state index in [0.29, 0.717) is 46.5 Å². The highest BCUT2D eigenvalue weighted by Gasteiger charge is 2.36. The lowest BCUT2D eigenvalue weighted by Gasteiger charge is -2.33. The number of aromatic hydroxyl groups is 1. The minimum Gasteiger partial charge on any atom is -0.508 e. The van der Waals surface area contributed by atoms with Crippen LogP contribution in [0.25, 0.3) is 22.2 Å². The minimum atomic E-state index is -2.76. The van der Waals surface area contributed by atoms with Gasteiger partial charge in [-0.1, -0.05) is 6.07 Å². The van der Waals surface area contributed by atoms with Gasteiger partial charge in [-0.3, -0.25) is 0 Å². The molecule has 4 rings (SSSR count). The van der Waals surface area contributed by atoms with Gasteiger partial charge in [-0.15, -0.1) is 0 Å². The van der Waals surface area contributed by atoms with E-state index in [2.05, 4.69) is 9.97 Å².